The highest BCUT2D eigenvalue weighted by Gasteiger charge is 1.74. The van der Waals surface area contributed by atoms with Gasteiger partial charge in [0.1, 0.15) is 0 Å². The quantitative estimate of drug-likeness (QED) is 0.654. The van der Waals surface area contributed by atoms with Crippen LogP contribution in [0.1, 0.15) is 0 Å². The Kier molecular flexibility index (Phi) is 15.6. The largest absolute Gasteiger partial charge is 0.247 e. The van der Waals surface area contributed by atoms with E-state index in [-0.39, 0.29) is 0 Å². The second-order valence-corrected chi connectivity index (χ2v) is 1.73. The van der Waals surface area contributed by atoms with Gasteiger partial charge in [-0.25, -0.2) is 10.5 Å². The highest BCUT2D eigenvalue weighted by Crippen LogP contribution is 2.03. The topological polar surface area (TPSA) is 52.0 Å². The van der Waals surface area contributed by atoms with Crippen LogP contribution in [-0.2, 0) is 0 Å². The zero-order valence-corrected chi connectivity index (χ0v) is 7.94. The van der Waals surface area contributed by atoms with Crippen LogP contribution in [0.5, 0.6) is 0 Å². The lowest BCUT2D eigenvalue weighted by Crippen LogP contribution is -1.55. The summed E-state index contributed by atoms with van der Waals surface area (Å²) in [5.41, 5.74) is 0. The third-order valence-corrected chi connectivity index (χ3v) is 0.985. The van der Waals surface area contributed by atoms with Crippen LogP contribution in [0, 0.1) is 0 Å². The minimum Gasteiger partial charge on any atom is -0.247 e. The van der Waals surface area contributed by atoms with Gasteiger partial charge in [-0.1, -0.05) is 29.8 Å². The zero-order valence-electron chi connectivity index (χ0n) is 5.68. The molecule has 1 rings (SSSR count). The summed E-state index contributed by atoms with van der Waals surface area (Å²) in [6.07, 6.45) is 0. The Labute approximate surface area is 81.3 Å². The summed E-state index contributed by atoms with van der Waals surface area (Å²) in [6.45, 7) is 0. The smallest absolute Gasteiger partial charge is 0.0405 e. The monoisotopic (exact) mass is 214 g/mol. The molecule has 1 aromatic carbocycles. The first kappa shape index (κ1) is 13.6. The van der Waals surface area contributed by atoms with Gasteiger partial charge in [0.05, 0.1) is 0 Å². The summed E-state index contributed by atoms with van der Waals surface area (Å²) in [5.74, 6) is 0. The third-order valence-electron chi connectivity index (χ3n) is 0.733. The molecule has 11 heavy (non-hydrogen) atoms. The number of benzene rings is 1. The van der Waals surface area contributed by atoms with Crippen molar-refractivity contribution in [3.63, 3.8) is 0 Å². The molecular formula is C6H9Cl3N2. The van der Waals surface area contributed by atoms with E-state index in [9.17, 15) is 0 Å². The fraction of sp³-hybridized carbons (Fsp3) is 0. The van der Waals surface area contributed by atoms with Gasteiger partial charge in [0, 0.05) is 5.02 Å². The molecule has 0 fully saturated rings. The van der Waals surface area contributed by atoms with Crippen molar-refractivity contribution < 1.29 is 0 Å². The second-order valence-electron chi connectivity index (χ2n) is 1.30. The van der Waals surface area contributed by atoms with E-state index in [1.54, 1.807) is 0 Å². The van der Waals surface area contributed by atoms with Crippen molar-refractivity contribution in [1.29, 1.82) is 0 Å². The van der Waals surface area contributed by atoms with Crippen LogP contribution < -0.4 is 10.5 Å². The molecule has 0 saturated carbocycles. The van der Waals surface area contributed by atoms with Crippen molar-refractivity contribution in [2.75, 3.05) is 0 Å². The number of rotatable bonds is 0. The first-order valence-corrected chi connectivity index (χ1v) is 3.79. The lowest BCUT2D eigenvalue weighted by molar-refractivity contribution is 1.71. The Morgan fingerprint density at radius 1 is 0.818 bits per heavy atom. The fourth-order valence-corrected chi connectivity index (χ4v) is 0.560. The lowest BCUT2D eigenvalue weighted by atomic mass is 10.4. The lowest BCUT2D eigenvalue weighted by Gasteiger charge is -1.80. The molecule has 0 unspecified atom stereocenters. The molecule has 5 heteroatoms. The Morgan fingerprint density at radius 2 is 1.18 bits per heavy atom. The van der Waals surface area contributed by atoms with Gasteiger partial charge < -0.3 is 0 Å². The molecule has 0 amide bonds. The van der Waals surface area contributed by atoms with E-state index in [2.05, 4.69) is 34.1 Å². The molecule has 0 atom stereocenters. The molecule has 64 valence electrons. The van der Waals surface area contributed by atoms with Crippen LogP contribution in [0.4, 0.5) is 0 Å². The van der Waals surface area contributed by atoms with Gasteiger partial charge in [0.2, 0.25) is 0 Å². The predicted molar refractivity (Wildman–Crippen MR) is 51.5 cm³/mol. The molecular weight excluding hydrogens is 206 g/mol. The summed E-state index contributed by atoms with van der Waals surface area (Å²) in [5, 5.41) is 8.74. The molecule has 0 aliphatic rings. The maximum atomic E-state index is 5.54. The summed E-state index contributed by atoms with van der Waals surface area (Å²) >= 11 is 13.8. The molecule has 0 spiro atoms. The van der Waals surface area contributed by atoms with Crippen LogP contribution in [0.15, 0.2) is 30.3 Å². The van der Waals surface area contributed by atoms with E-state index >= 15 is 0 Å². The van der Waals surface area contributed by atoms with E-state index in [4.69, 9.17) is 11.6 Å². The zero-order chi connectivity index (χ0) is 9.11. The summed E-state index contributed by atoms with van der Waals surface area (Å²) in [7, 11) is 0. The van der Waals surface area contributed by atoms with Crippen molar-refractivity contribution in [1.82, 2.24) is 0 Å². The second kappa shape index (κ2) is 12.7. The number of halogens is 3. The normalized spacial score (nSPS) is 6.64. The average molecular weight is 216 g/mol. The van der Waals surface area contributed by atoms with Gasteiger partial charge in [-0.05, 0) is 35.7 Å². The van der Waals surface area contributed by atoms with Crippen LogP contribution in [-0.4, -0.2) is 0 Å². The molecule has 0 aromatic heterocycles. The van der Waals surface area contributed by atoms with Crippen molar-refractivity contribution in [2.45, 2.75) is 0 Å². The molecule has 0 saturated heterocycles. The molecule has 4 N–H and O–H groups in total. The van der Waals surface area contributed by atoms with Crippen molar-refractivity contribution >= 4 is 35.2 Å². The predicted octanol–water partition coefficient (Wildman–Crippen LogP) is 2.54. The van der Waals surface area contributed by atoms with Gasteiger partial charge in [-0.2, -0.15) is 0 Å². The molecule has 0 aliphatic heterocycles. The minimum absolute atomic E-state index is 0.794. The van der Waals surface area contributed by atoms with E-state index in [1.165, 1.54) is 0 Å². The van der Waals surface area contributed by atoms with Crippen molar-refractivity contribution in [3.8, 4) is 0 Å². The van der Waals surface area contributed by atoms with Gasteiger partial charge in [0.15, 0.2) is 0 Å². The standard InChI is InChI=1S/C6H5Cl.2ClH2N/c7-6-4-2-1-3-5-6;2*1-2/h1-5H;2*2H2. The number of hydrogen-bond donors (Lipinski definition) is 2. The highest BCUT2D eigenvalue weighted by molar-refractivity contribution is 6.30. The average Bonchev–Trinajstić information content (AvgIpc) is 2.13. The Balaban J connectivity index is 0. The number of hydrogen-bond acceptors (Lipinski definition) is 2. The van der Waals surface area contributed by atoms with E-state index < -0.39 is 0 Å². The molecule has 0 heterocycles. The summed E-state index contributed by atoms with van der Waals surface area (Å²) in [4.78, 5) is 0. The molecule has 2 nitrogen and oxygen atoms in total. The van der Waals surface area contributed by atoms with Gasteiger partial charge in [-0.15, -0.1) is 0 Å². The molecule has 0 bridgehead atoms. The van der Waals surface area contributed by atoms with Gasteiger partial charge in [-0.3, -0.25) is 0 Å². The maximum Gasteiger partial charge on any atom is 0.0405 e. The van der Waals surface area contributed by atoms with E-state index in [1.807, 2.05) is 30.3 Å². The van der Waals surface area contributed by atoms with Crippen molar-refractivity contribution in [3.05, 3.63) is 35.4 Å². The Hall–Kier alpha value is 0.01000. The Morgan fingerprint density at radius 3 is 1.36 bits per heavy atom. The van der Waals surface area contributed by atoms with Gasteiger partial charge >= 0.3 is 0 Å². The minimum atomic E-state index is 0.794. The van der Waals surface area contributed by atoms with E-state index in [0.717, 1.165) is 5.02 Å². The van der Waals surface area contributed by atoms with Gasteiger partial charge in [0.25, 0.3) is 0 Å². The SMILES string of the molecule is Clc1ccccc1.NCl.NCl. The van der Waals surface area contributed by atoms with Crippen LogP contribution in [0.3, 0.4) is 0 Å². The van der Waals surface area contributed by atoms with Crippen LogP contribution in [0.25, 0.3) is 0 Å². The molecule has 1 aromatic rings. The third kappa shape index (κ3) is 10.0. The van der Waals surface area contributed by atoms with E-state index in [0.29, 0.717) is 0 Å². The fourth-order valence-electron chi connectivity index (χ4n) is 0.415. The van der Waals surface area contributed by atoms with Crippen molar-refractivity contribution in [2.24, 2.45) is 10.5 Å². The Bertz CT molecular complexity index is 146. The molecule has 0 aliphatic carbocycles. The first-order chi connectivity index (χ1) is 5.39. The highest BCUT2D eigenvalue weighted by atomic mass is 35.5. The molecule has 0 radical (unpaired) electrons. The van der Waals surface area contributed by atoms with Crippen LogP contribution in [0.2, 0.25) is 5.02 Å². The summed E-state index contributed by atoms with van der Waals surface area (Å²) in [6, 6.07) is 9.44. The van der Waals surface area contributed by atoms with Crippen LogP contribution >= 0.6 is 35.2 Å². The first-order valence-electron chi connectivity index (χ1n) is 2.54. The summed E-state index contributed by atoms with van der Waals surface area (Å²) < 4.78 is 0. The number of nitrogens with two attached hydrogens (primary N) is 2. The maximum absolute atomic E-state index is 5.54.